The predicted molar refractivity (Wildman–Crippen MR) is 69.8 cm³/mol. The summed E-state index contributed by atoms with van der Waals surface area (Å²) in [6, 6.07) is 7.35. The van der Waals surface area contributed by atoms with Gasteiger partial charge in [-0.3, -0.25) is 9.69 Å². The number of nitrogens with zero attached hydrogens (tertiary/aromatic N) is 1. The molecule has 1 fully saturated rings. The smallest absolute Gasteiger partial charge is 0.324 e. The Morgan fingerprint density at radius 2 is 2.26 bits per heavy atom. The highest BCUT2D eigenvalue weighted by Crippen LogP contribution is 2.13. The molecular formula is C13H17N3O3. The number of rotatable bonds is 6. The molecule has 3 amide bonds. The third kappa shape index (κ3) is 3.45. The number of amides is 3. The topological polar surface area (TPSA) is 70.7 Å². The van der Waals surface area contributed by atoms with Gasteiger partial charge in [0, 0.05) is 6.54 Å². The van der Waals surface area contributed by atoms with Gasteiger partial charge in [-0.1, -0.05) is 12.1 Å². The second-order valence-corrected chi connectivity index (χ2v) is 4.23. The average Bonchev–Trinajstić information content (AvgIpc) is 2.71. The molecule has 0 atom stereocenters. The molecule has 1 aromatic rings. The monoisotopic (exact) mass is 263 g/mol. The molecular weight excluding hydrogens is 246 g/mol. The van der Waals surface area contributed by atoms with Crippen LogP contribution < -0.4 is 15.4 Å². The van der Waals surface area contributed by atoms with Crippen LogP contribution in [0.1, 0.15) is 5.56 Å². The van der Waals surface area contributed by atoms with Crippen LogP contribution in [-0.4, -0.2) is 43.6 Å². The summed E-state index contributed by atoms with van der Waals surface area (Å²) in [5, 5.41) is 5.53. The summed E-state index contributed by atoms with van der Waals surface area (Å²) in [5.74, 6) is 0.525. The number of nitrogens with one attached hydrogen (secondary N) is 2. The van der Waals surface area contributed by atoms with Gasteiger partial charge in [-0.15, -0.1) is 0 Å². The summed E-state index contributed by atoms with van der Waals surface area (Å²) in [6.07, 6.45) is 0. The van der Waals surface area contributed by atoms with E-state index in [1.165, 1.54) is 0 Å². The average molecular weight is 263 g/mol. The van der Waals surface area contributed by atoms with Crippen molar-refractivity contribution in [3.63, 3.8) is 0 Å². The first-order chi connectivity index (χ1) is 9.20. The van der Waals surface area contributed by atoms with E-state index in [1.807, 2.05) is 31.3 Å². The van der Waals surface area contributed by atoms with E-state index in [4.69, 9.17) is 4.74 Å². The van der Waals surface area contributed by atoms with Gasteiger partial charge in [-0.05, 0) is 24.7 Å². The molecule has 0 aromatic heterocycles. The van der Waals surface area contributed by atoms with Gasteiger partial charge in [0.25, 0.3) is 0 Å². The second-order valence-electron chi connectivity index (χ2n) is 4.23. The largest absolute Gasteiger partial charge is 0.492 e. The predicted octanol–water partition coefficient (Wildman–Crippen LogP) is 0.337. The quantitative estimate of drug-likeness (QED) is 0.726. The number of hydrogen-bond donors (Lipinski definition) is 2. The zero-order valence-corrected chi connectivity index (χ0v) is 10.8. The molecule has 2 rings (SSSR count). The molecule has 2 N–H and O–H groups in total. The van der Waals surface area contributed by atoms with Crippen molar-refractivity contribution in [2.45, 2.75) is 6.54 Å². The molecule has 1 aromatic carbocycles. The fourth-order valence-electron chi connectivity index (χ4n) is 1.89. The van der Waals surface area contributed by atoms with Gasteiger partial charge >= 0.3 is 6.03 Å². The number of urea groups is 1. The first-order valence-corrected chi connectivity index (χ1v) is 6.15. The minimum absolute atomic E-state index is 0.0798. The molecule has 0 spiro atoms. The summed E-state index contributed by atoms with van der Waals surface area (Å²) >= 11 is 0. The Morgan fingerprint density at radius 1 is 1.42 bits per heavy atom. The molecule has 0 radical (unpaired) electrons. The lowest BCUT2D eigenvalue weighted by Crippen LogP contribution is -2.34. The van der Waals surface area contributed by atoms with Gasteiger partial charge in [0.1, 0.15) is 12.4 Å². The molecule has 6 nitrogen and oxygen atoms in total. The molecule has 102 valence electrons. The highest BCUT2D eigenvalue weighted by atomic mass is 16.5. The van der Waals surface area contributed by atoms with E-state index < -0.39 is 0 Å². The van der Waals surface area contributed by atoms with Crippen molar-refractivity contribution in [2.24, 2.45) is 0 Å². The van der Waals surface area contributed by atoms with Crippen molar-refractivity contribution in [2.75, 3.05) is 26.7 Å². The SMILES string of the molecule is CNCc1cccc(OCCN2C(=O)CNC2=O)c1. The van der Waals surface area contributed by atoms with Crippen LogP contribution in [0.5, 0.6) is 5.75 Å². The lowest BCUT2D eigenvalue weighted by atomic mass is 10.2. The summed E-state index contributed by atoms with van der Waals surface area (Å²) in [5.41, 5.74) is 1.12. The van der Waals surface area contributed by atoms with E-state index in [2.05, 4.69) is 10.6 Å². The van der Waals surface area contributed by atoms with Crippen molar-refractivity contribution in [1.29, 1.82) is 0 Å². The summed E-state index contributed by atoms with van der Waals surface area (Å²) in [7, 11) is 1.88. The molecule has 1 aliphatic rings. The maximum Gasteiger partial charge on any atom is 0.324 e. The number of carbonyl (C=O) groups is 2. The van der Waals surface area contributed by atoms with Crippen molar-refractivity contribution < 1.29 is 14.3 Å². The van der Waals surface area contributed by atoms with E-state index in [0.717, 1.165) is 22.8 Å². The van der Waals surface area contributed by atoms with Gasteiger partial charge < -0.3 is 15.4 Å². The Labute approximate surface area is 111 Å². The number of ether oxygens (including phenoxy) is 1. The molecule has 1 heterocycles. The number of carbonyl (C=O) groups excluding carboxylic acids is 2. The van der Waals surface area contributed by atoms with Crippen LogP contribution in [0.25, 0.3) is 0 Å². The highest BCUT2D eigenvalue weighted by molar-refractivity contribution is 6.01. The lowest BCUT2D eigenvalue weighted by Gasteiger charge is -2.13. The van der Waals surface area contributed by atoms with Crippen molar-refractivity contribution in [1.82, 2.24) is 15.5 Å². The molecule has 0 unspecified atom stereocenters. The molecule has 1 aliphatic heterocycles. The third-order valence-electron chi connectivity index (χ3n) is 2.80. The van der Waals surface area contributed by atoms with Crippen LogP contribution in [-0.2, 0) is 11.3 Å². The van der Waals surface area contributed by atoms with Crippen LogP contribution >= 0.6 is 0 Å². The number of benzene rings is 1. The third-order valence-corrected chi connectivity index (χ3v) is 2.80. The van der Waals surface area contributed by atoms with Crippen LogP contribution in [0.15, 0.2) is 24.3 Å². The fourth-order valence-corrected chi connectivity index (χ4v) is 1.89. The molecule has 0 bridgehead atoms. The second kappa shape index (κ2) is 6.19. The van der Waals surface area contributed by atoms with Crippen LogP contribution in [0.2, 0.25) is 0 Å². The van der Waals surface area contributed by atoms with Crippen LogP contribution in [0.3, 0.4) is 0 Å². The van der Waals surface area contributed by atoms with Gasteiger partial charge in [0.2, 0.25) is 5.91 Å². The van der Waals surface area contributed by atoms with Crippen LogP contribution in [0.4, 0.5) is 4.79 Å². The molecule has 0 saturated carbocycles. The minimum atomic E-state index is -0.350. The highest BCUT2D eigenvalue weighted by Gasteiger charge is 2.27. The van der Waals surface area contributed by atoms with E-state index in [-0.39, 0.29) is 25.0 Å². The summed E-state index contributed by atoms with van der Waals surface area (Å²) in [6.45, 7) is 1.41. The Morgan fingerprint density at radius 3 is 2.95 bits per heavy atom. The van der Waals surface area contributed by atoms with E-state index in [0.29, 0.717) is 6.61 Å². The zero-order valence-electron chi connectivity index (χ0n) is 10.8. The maximum atomic E-state index is 11.3. The first-order valence-electron chi connectivity index (χ1n) is 6.15. The Hall–Kier alpha value is -2.08. The van der Waals surface area contributed by atoms with Gasteiger partial charge in [0.05, 0.1) is 13.1 Å². The van der Waals surface area contributed by atoms with E-state index in [9.17, 15) is 9.59 Å². The van der Waals surface area contributed by atoms with E-state index >= 15 is 0 Å². The number of hydrogen-bond acceptors (Lipinski definition) is 4. The molecule has 0 aliphatic carbocycles. The number of imide groups is 1. The summed E-state index contributed by atoms with van der Waals surface area (Å²) < 4.78 is 5.55. The normalized spacial score (nSPS) is 14.7. The van der Waals surface area contributed by atoms with Gasteiger partial charge in [-0.25, -0.2) is 4.79 Å². The lowest BCUT2D eigenvalue weighted by molar-refractivity contribution is -0.125. The fraction of sp³-hybridized carbons (Fsp3) is 0.385. The molecule has 6 heteroatoms. The van der Waals surface area contributed by atoms with Crippen molar-refractivity contribution in [3.05, 3.63) is 29.8 Å². The first kappa shape index (κ1) is 13.4. The summed E-state index contributed by atoms with van der Waals surface area (Å²) in [4.78, 5) is 23.8. The molecule has 19 heavy (non-hydrogen) atoms. The minimum Gasteiger partial charge on any atom is -0.492 e. The van der Waals surface area contributed by atoms with Gasteiger partial charge in [-0.2, -0.15) is 0 Å². The Kier molecular flexibility index (Phi) is 4.35. The van der Waals surface area contributed by atoms with E-state index in [1.54, 1.807) is 0 Å². The zero-order chi connectivity index (χ0) is 13.7. The van der Waals surface area contributed by atoms with Crippen LogP contribution in [0, 0.1) is 0 Å². The van der Waals surface area contributed by atoms with Crippen molar-refractivity contribution in [3.8, 4) is 5.75 Å². The molecule has 1 saturated heterocycles. The maximum absolute atomic E-state index is 11.3. The Bertz CT molecular complexity index is 460. The Balaban J connectivity index is 1.83. The standard InChI is InChI=1S/C13H17N3O3/c1-14-8-10-3-2-4-11(7-10)19-6-5-16-12(17)9-15-13(16)18/h2-4,7,14H,5-6,8-9H2,1H3,(H,15,18). The van der Waals surface area contributed by atoms with Crippen molar-refractivity contribution >= 4 is 11.9 Å². The van der Waals surface area contributed by atoms with Gasteiger partial charge in [0.15, 0.2) is 0 Å².